The molecule has 0 radical (unpaired) electrons. The van der Waals surface area contributed by atoms with Gasteiger partial charge < -0.3 is 9.73 Å². The molecule has 0 aliphatic rings. The molecular formula is C12H13Cl2NO. The van der Waals surface area contributed by atoms with Crippen LogP contribution in [0, 0.1) is 6.92 Å². The molecule has 2 rings (SSSR count). The second-order valence-corrected chi connectivity index (χ2v) is 4.54. The van der Waals surface area contributed by atoms with Gasteiger partial charge in [0.1, 0.15) is 5.76 Å². The predicted octanol–water partition coefficient (Wildman–Crippen LogP) is 4.16. The standard InChI is InChI=1S/C12H13Cl2NO/c1-3-15-6-11-7(2)9-4-8(13)5-10(14)12(9)16-11/h4-5,15H,3,6H2,1-2H3. The van der Waals surface area contributed by atoms with Crippen LogP contribution in [0.5, 0.6) is 0 Å². The Hall–Kier alpha value is -0.700. The number of hydrogen-bond donors (Lipinski definition) is 1. The molecule has 1 heterocycles. The maximum atomic E-state index is 6.08. The van der Waals surface area contributed by atoms with Gasteiger partial charge in [-0.2, -0.15) is 0 Å². The molecule has 0 saturated heterocycles. The molecule has 1 aromatic carbocycles. The maximum Gasteiger partial charge on any atom is 0.153 e. The number of fused-ring (bicyclic) bond motifs is 1. The van der Waals surface area contributed by atoms with Gasteiger partial charge in [-0.3, -0.25) is 0 Å². The van der Waals surface area contributed by atoms with Crippen molar-refractivity contribution in [3.8, 4) is 0 Å². The maximum absolute atomic E-state index is 6.08. The van der Waals surface area contributed by atoms with Gasteiger partial charge in [0.2, 0.25) is 0 Å². The third-order valence-corrected chi connectivity index (χ3v) is 3.09. The Balaban J connectivity index is 2.54. The van der Waals surface area contributed by atoms with Gasteiger partial charge in [-0.15, -0.1) is 0 Å². The van der Waals surface area contributed by atoms with Gasteiger partial charge >= 0.3 is 0 Å². The van der Waals surface area contributed by atoms with E-state index in [1.54, 1.807) is 6.07 Å². The van der Waals surface area contributed by atoms with Crippen LogP contribution in [0.25, 0.3) is 11.0 Å². The van der Waals surface area contributed by atoms with E-state index in [2.05, 4.69) is 12.2 Å². The summed E-state index contributed by atoms with van der Waals surface area (Å²) in [5.74, 6) is 0.918. The van der Waals surface area contributed by atoms with Gasteiger partial charge in [-0.05, 0) is 31.2 Å². The Kier molecular flexibility index (Phi) is 3.43. The highest BCUT2D eigenvalue weighted by Crippen LogP contribution is 2.33. The lowest BCUT2D eigenvalue weighted by Gasteiger charge is -1.97. The molecule has 2 aromatic rings. The fourth-order valence-electron chi connectivity index (χ4n) is 1.70. The lowest BCUT2D eigenvalue weighted by Crippen LogP contribution is -2.11. The van der Waals surface area contributed by atoms with Gasteiger partial charge in [-0.25, -0.2) is 0 Å². The number of hydrogen-bond acceptors (Lipinski definition) is 2. The van der Waals surface area contributed by atoms with Gasteiger partial charge in [-0.1, -0.05) is 30.1 Å². The molecule has 0 aliphatic carbocycles. The Morgan fingerprint density at radius 3 is 2.75 bits per heavy atom. The summed E-state index contributed by atoms with van der Waals surface area (Å²) in [6.45, 7) is 5.70. The molecule has 0 atom stereocenters. The van der Waals surface area contributed by atoms with E-state index < -0.39 is 0 Å². The summed E-state index contributed by atoms with van der Waals surface area (Å²) >= 11 is 12.1. The Labute approximate surface area is 105 Å². The minimum Gasteiger partial charge on any atom is -0.458 e. The Morgan fingerprint density at radius 1 is 1.31 bits per heavy atom. The van der Waals surface area contributed by atoms with Crippen LogP contribution >= 0.6 is 23.2 Å². The SMILES string of the molecule is CCNCc1oc2c(Cl)cc(Cl)cc2c1C. The van der Waals surface area contributed by atoms with Crippen LogP contribution in [0.2, 0.25) is 10.0 Å². The molecule has 0 bridgehead atoms. The number of halogens is 2. The summed E-state index contributed by atoms with van der Waals surface area (Å²) in [7, 11) is 0. The molecule has 2 nitrogen and oxygen atoms in total. The van der Waals surface area contributed by atoms with Gasteiger partial charge in [0, 0.05) is 10.4 Å². The third-order valence-electron chi connectivity index (χ3n) is 2.59. The molecular weight excluding hydrogens is 245 g/mol. The van der Waals surface area contributed by atoms with Crippen molar-refractivity contribution in [1.29, 1.82) is 0 Å². The summed E-state index contributed by atoms with van der Waals surface area (Å²) in [6, 6.07) is 3.59. The second kappa shape index (κ2) is 4.66. The molecule has 0 unspecified atom stereocenters. The zero-order valence-electron chi connectivity index (χ0n) is 9.23. The average molecular weight is 258 g/mol. The van der Waals surface area contributed by atoms with Crippen molar-refractivity contribution < 1.29 is 4.42 Å². The fraction of sp³-hybridized carbons (Fsp3) is 0.333. The third kappa shape index (κ3) is 2.05. The van der Waals surface area contributed by atoms with E-state index in [0.717, 1.165) is 28.8 Å². The van der Waals surface area contributed by atoms with Crippen LogP contribution in [0.1, 0.15) is 18.2 Å². The number of rotatable bonds is 3. The normalized spacial score (nSPS) is 11.2. The summed E-state index contributed by atoms with van der Waals surface area (Å²) in [6.07, 6.45) is 0. The highest BCUT2D eigenvalue weighted by molar-refractivity contribution is 6.38. The topological polar surface area (TPSA) is 25.2 Å². The Morgan fingerprint density at radius 2 is 2.06 bits per heavy atom. The van der Waals surface area contributed by atoms with Crippen molar-refractivity contribution in [2.45, 2.75) is 20.4 Å². The molecule has 1 N–H and O–H groups in total. The Bertz CT molecular complexity index is 519. The highest BCUT2D eigenvalue weighted by Gasteiger charge is 2.13. The molecule has 4 heteroatoms. The molecule has 16 heavy (non-hydrogen) atoms. The molecule has 0 aliphatic heterocycles. The first-order chi connectivity index (χ1) is 7.63. The van der Waals surface area contributed by atoms with E-state index in [1.165, 1.54) is 0 Å². The van der Waals surface area contributed by atoms with E-state index in [4.69, 9.17) is 27.6 Å². The minimum atomic E-state index is 0.563. The van der Waals surface area contributed by atoms with E-state index in [-0.39, 0.29) is 0 Å². The van der Waals surface area contributed by atoms with Crippen molar-refractivity contribution >= 4 is 34.2 Å². The van der Waals surface area contributed by atoms with Crippen molar-refractivity contribution in [3.05, 3.63) is 33.5 Å². The predicted molar refractivity (Wildman–Crippen MR) is 68.4 cm³/mol. The highest BCUT2D eigenvalue weighted by atomic mass is 35.5. The van der Waals surface area contributed by atoms with Crippen LogP contribution < -0.4 is 5.32 Å². The van der Waals surface area contributed by atoms with Crippen LogP contribution in [-0.4, -0.2) is 6.54 Å². The zero-order chi connectivity index (χ0) is 11.7. The molecule has 1 aromatic heterocycles. The van der Waals surface area contributed by atoms with Crippen LogP contribution in [0.15, 0.2) is 16.5 Å². The number of nitrogens with one attached hydrogen (secondary N) is 1. The smallest absolute Gasteiger partial charge is 0.153 e. The second-order valence-electron chi connectivity index (χ2n) is 3.69. The average Bonchev–Trinajstić information content (AvgIpc) is 2.54. The van der Waals surface area contributed by atoms with Crippen LogP contribution in [0.4, 0.5) is 0 Å². The van der Waals surface area contributed by atoms with Crippen LogP contribution in [-0.2, 0) is 6.54 Å². The van der Waals surface area contributed by atoms with Crippen molar-refractivity contribution in [2.75, 3.05) is 6.54 Å². The van der Waals surface area contributed by atoms with Gasteiger partial charge in [0.05, 0.1) is 11.6 Å². The number of benzene rings is 1. The molecule has 86 valence electrons. The first-order valence-corrected chi connectivity index (χ1v) is 5.96. The van der Waals surface area contributed by atoms with Crippen molar-refractivity contribution in [1.82, 2.24) is 5.32 Å². The lowest BCUT2D eigenvalue weighted by molar-refractivity contribution is 0.516. The first-order valence-electron chi connectivity index (χ1n) is 5.21. The van der Waals surface area contributed by atoms with Crippen molar-refractivity contribution in [3.63, 3.8) is 0 Å². The van der Waals surface area contributed by atoms with E-state index in [1.807, 2.05) is 13.0 Å². The molecule has 0 fully saturated rings. The van der Waals surface area contributed by atoms with E-state index in [9.17, 15) is 0 Å². The minimum absolute atomic E-state index is 0.563. The summed E-state index contributed by atoms with van der Waals surface area (Å²) in [4.78, 5) is 0. The fourth-order valence-corrected chi connectivity index (χ4v) is 2.23. The number of furan rings is 1. The largest absolute Gasteiger partial charge is 0.458 e. The molecule has 0 spiro atoms. The van der Waals surface area contributed by atoms with E-state index >= 15 is 0 Å². The monoisotopic (exact) mass is 257 g/mol. The van der Waals surface area contributed by atoms with Gasteiger partial charge in [0.25, 0.3) is 0 Å². The summed E-state index contributed by atoms with van der Waals surface area (Å²) < 4.78 is 5.73. The lowest BCUT2D eigenvalue weighted by atomic mass is 10.1. The van der Waals surface area contributed by atoms with E-state index in [0.29, 0.717) is 16.6 Å². The summed E-state index contributed by atoms with van der Waals surface area (Å²) in [5, 5.41) is 5.42. The molecule has 0 amide bonds. The summed E-state index contributed by atoms with van der Waals surface area (Å²) in [5.41, 5.74) is 1.82. The number of aryl methyl sites for hydroxylation is 1. The first kappa shape index (κ1) is 11.8. The molecule has 0 saturated carbocycles. The zero-order valence-corrected chi connectivity index (χ0v) is 10.7. The quantitative estimate of drug-likeness (QED) is 0.894. The van der Waals surface area contributed by atoms with Crippen LogP contribution in [0.3, 0.4) is 0 Å². The van der Waals surface area contributed by atoms with Gasteiger partial charge in [0.15, 0.2) is 5.58 Å². The van der Waals surface area contributed by atoms with Crippen molar-refractivity contribution in [2.24, 2.45) is 0 Å².